The SMILES string of the molecule is [2H]C1([2H])C(O)[C@@]2(C)CC[C@@H]3c4ccc(O)cc4CC[C@H]3[C@@H]2C1([2H])[2H]. The minimum absolute atomic E-state index is 0.0306. The summed E-state index contributed by atoms with van der Waals surface area (Å²) >= 11 is 0. The van der Waals surface area contributed by atoms with Gasteiger partial charge in [-0.25, -0.2) is 0 Å². The largest absolute Gasteiger partial charge is 0.508 e. The highest BCUT2D eigenvalue weighted by atomic mass is 16.3. The number of aryl methyl sites for hydroxylation is 1. The molecule has 2 saturated carbocycles. The number of phenols is 1. The molecule has 3 aliphatic carbocycles. The van der Waals surface area contributed by atoms with Gasteiger partial charge in [0.2, 0.25) is 0 Å². The molecule has 1 aromatic rings. The molecule has 3 aliphatic rings. The van der Waals surface area contributed by atoms with Crippen LogP contribution in [-0.2, 0) is 6.42 Å². The topological polar surface area (TPSA) is 40.5 Å². The minimum atomic E-state index is -2.23. The molecule has 108 valence electrons. The van der Waals surface area contributed by atoms with Crippen molar-refractivity contribution in [2.24, 2.45) is 17.3 Å². The Hall–Kier alpha value is -1.02. The second kappa shape index (κ2) is 4.24. The predicted molar refractivity (Wildman–Crippen MR) is 78.7 cm³/mol. The molecule has 0 aliphatic heterocycles. The van der Waals surface area contributed by atoms with Crippen LogP contribution < -0.4 is 0 Å². The Kier molecular flexibility index (Phi) is 1.93. The summed E-state index contributed by atoms with van der Waals surface area (Å²) in [5.74, 6) is -0.0156. The van der Waals surface area contributed by atoms with E-state index in [-0.39, 0.29) is 17.6 Å². The number of aliphatic hydroxyl groups is 1. The van der Waals surface area contributed by atoms with Crippen LogP contribution in [0.15, 0.2) is 18.2 Å². The van der Waals surface area contributed by atoms with E-state index in [1.807, 2.05) is 13.0 Å². The summed E-state index contributed by atoms with van der Waals surface area (Å²) in [6.45, 7) is 1.87. The first-order chi connectivity index (χ1) is 11.1. The van der Waals surface area contributed by atoms with E-state index in [1.54, 1.807) is 12.1 Å². The Balaban J connectivity index is 1.80. The molecule has 4 rings (SSSR count). The molecule has 2 nitrogen and oxygen atoms in total. The number of phenolic OH excluding ortho intramolecular Hbond substituents is 1. The van der Waals surface area contributed by atoms with E-state index in [2.05, 4.69) is 0 Å². The lowest BCUT2D eigenvalue weighted by Gasteiger charge is -2.50. The number of hydrogen-bond donors (Lipinski definition) is 2. The summed E-state index contributed by atoms with van der Waals surface area (Å²) in [6, 6.07) is 5.43. The second-order valence-corrected chi connectivity index (χ2v) is 6.91. The molecule has 2 heteroatoms. The number of aliphatic hydroxyl groups excluding tert-OH is 1. The number of fused-ring (bicyclic) bond motifs is 5. The molecule has 0 bridgehead atoms. The van der Waals surface area contributed by atoms with Crippen LogP contribution in [0.3, 0.4) is 0 Å². The lowest BCUT2D eigenvalue weighted by Crippen LogP contribution is -2.43. The zero-order valence-corrected chi connectivity index (χ0v) is 11.8. The van der Waals surface area contributed by atoms with Crippen LogP contribution >= 0.6 is 0 Å². The maximum absolute atomic E-state index is 10.6. The molecule has 5 atom stereocenters. The van der Waals surface area contributed by atoms with E-state index in [4.69, 9.17) is 5.48 Å². The van der Waals surface area contributed by atoms with Gasteiger partial charge in [0.1, 0.15) is 5.75 Å². The third kappa shape index (κ3) is 1.60. The number of rotatable bonds is 0. The van der Waals surface area contributed by atoms with Crippen LogP contribution in [-0.4, -0.2) is 16.3 Å². The molecule has 0 spiro atoms. The first-order valence-corrected chi connectivity index (χ1v) is 7.60. The summed E-state index contributed by atoms with van der Waals surface area (Å²) < 4.78 is 33.4. The number of benzene rings is 1. The van der Waals surface area contributed by atoms with E-state index >= 15 is 0 Å². The molecule has 0 amide bonds. The van der Waals surface area contributed by atoms with Crippen molar-refractivity contribution in [3.63, 3.8) is 0 Å². The fraction of sp³-hybridized carbons (Fsp3) is 0.667. The van der Waals surface area contributed by atoms with Crippen LogP contribution in [0.5, 0.6) is 5.75 Å². The fourth-order valence-electron chi connectivity index (χ4n) is 4.72. The Labute approximate surface area is 126 Å². The molecule has 0 saturated heterocycles. The van der Waals surface area contributed by atoms with Crippen LogP contribution in [0.1, 0.15) is 61.5 Å². The fourth-order valence-corrected chi connectivity index (χ4v) is 4.72. The number of hydrogen-bond acceptors (Lipinski definition) is 2. The maximum Gasteiger partial charge on any atom is 0.115 e. The Morgan fingerprint density at radius 3 is 3.00 bits per heavy atom. The van der Waals surface area contributed by atoms with E-state index in [0.29, 0.717) is 6.42 Å². The molecule has 20 heavy (non-hydrogen) atoms. The summed E-state index contributed by atoms with van der Waals surface area (Å²) in [5, 5.41) is 20.3. The highest BCUT2D eigenvalue weighted by Crippen LogP contribution is 2.60. The Bertz CT molecular complexity index is 690. The van der Waals surface area contributed by atoms with Gasteiger partial charge in [-0.3, -0.25) is 0 Å². The van der Waals surface area contributed by atoms with Gasteiger partial charge >= 0.3 is 0 Å². The monoisotopic (exact) mass is 276 g/mol. The smallest absolute Gasteiger partial charge is 0.115 e. The highest BCUT2D eigenvalue weighted by Gasteiger charge is 2.54. The van der Waals surface area contributed by atoms with Gasteiger partial charge in [-0.05, 0) is 84.9 Å². The predicted octanol–water partition coefficient (Wildman–Crippen LogP) is 3.61. The Morgan fingerprint density at radius 1 is 1.30 bits per heavy atom. The van der Waals surface area contributed by atoms with Crippen LogP contribution in [0, 0.1) is 17.3 Å². The second-order valence-electron chi connectivity index (χ2n) is 6.91. The van der Waals surface area contributed by atoms with Crippen molar-refractivity contribution in [2.75, 3.05) is 0 Å². The van der Waals surface area contributed by atoms with Gasteiger partial charge in [-0.2, -0.15) is 0 Å². The maximum atomic E-state index is 10.6. The molecule has 0 radical (unpaired) electrons. The normalized spacial score (nSPS) is 50.7. The standard InChI is InChI=1S/C18H24O2/c1-18-9-8-14-13-5-3-12(19)10-11(13)2-4-15(14)16(18)6-7-17(18)20/h3,5,10,14-17,19-20H,2,4,6-9H2,1H3/t14-,15-,16+,17?,18+/m1/s1/i6D2,7D2. The summed E-state index contributed by atoms with van der Waals surface area (Å²) in [7, 11) is 0. The van der Waals surface area contributed by atoms with Crippen LogP contribution in [0.2, 0.25) is 0 Å². The van der Waals surface area contributed by atoms with Crippen molar-refractivity contribution in [1.29, 1.82) is 0 Å². The zero-order valence-electron chi connectivity index (χ0n) is 15.8. The van der Waals surface area contributed by atoms with Crippen molar-refractivity contribution in [3.8, 4) is 5.75 Å². The van der Waals surface area contributed by atoms with Gasteiger partial charge in [0, 0.05) is 5.48 Å². The Morgan fingerprint density at radius 2 is 2.15 bits per heavy atom. The average molecular weight is 276 g/mol. The summed E-state index contributed by atoms with van der Waals surface area (Å²) in [4.78, 5) is 0. The first-order valence-electron chi connectivity index (χ1n) is 9.60. The van der Waals surface area contributed by atoms with Crippen molar-refractivity contribution in [2.45, 2.75) is 57.4 Å². The van der Waals surface area contributed by atoms with E-state index in [1.165, 1.54) is 5.56 Å². The zero-order chi connectivity index (χ0) is 17.5. The molecule has 2 N–H and O–H groups in total. The van der Waals surface area contributed by atoms with Gasteiger partial charge < -0.3 is 10.2 Å². The third-order valence-electron chi connectivity index (χ3n) is 5.92. The lowest BCUT2D eigenvalue weighted by atomic mass is 9.55. The first kappa shape index (κ1) is 9.09. The lowest BCUT2D eigenvalue weighted by molar-refractivity contribution is -0.0226. The number of aromatic hydroxyl groups is 1. The summed E-state index contributed by atoms with van der Waals surface area (Å²) in [6.07, 6.45) is -2.53. The molecule has 1 unspecified atom stereocenters. The van der Waals surface area contributed by atoms with E-state index in [9.17, 15) is 10.2 Å². The average Bonchev–Trinajstić information content (AvgIpc) is 2.62. The van der Waals surface area contributed by atoms with E-state index in [0.717, 1.165) is 24.8 Å². The molecular weight excluding hydrogens is 248 g/mol. The van der Waals surface area contributed by atoms with Crippen LogP contribution in [0.4, 0.5) is 0 Å². The third-order valence-corrected chi connectivity index (χ3v) is 5.92. The summed E-state index contributed by atoms with van der Waals surface area (Å²) in [5.41, 5.74) is 1.58. The molecular formula is C18H24O2. The van der Waals surface area contributed by atoms with Gasteiger partial charge in [0.05, 0.1) is 6.10 Å². The molecule has 1 aromatic carbocycles. The highest BCUT2D eigenvalue weighted by molar-refractivity contribution is 5.40. The van der Waals surface area contributed by atoms with Gasteiger partial charge in [-0.1, -0.05) is 13.0 Å². The molecule has 0 heterocycles. The van der Waals surface area contributed by atoms with Gasteiger partial charge in [0.25, 0.3) is 0 Å². The molecule has 2 fully saturated rings. The molecule has 0 aromatic heterocycles. The van der Waals surface area contributed by atoms with Crippen molar-refractivity contribution < 1.29 is 15.7 Å². The van der Waals surface area contributed by atoms with Crippen LogP contribution in [0.25, 0.3) is 0 Å². The van der Waals surface area contributed by atoms with E-state index < -0.39 is 30.2 Å². The van der Waals surface area contributed by atoms with Crippen molar-refractivity contribution in [3.05, 3.63) is 29.3 Å². The quantitative estimate of drug-likeness (QED) is 0.760. The van der Waals surface area contributed by atoms with Crippen molar-refractivity contribution >= 4 is 0 Å². The van der Waals surface area contributed by atoms with Crippen molar-refractivity contribution in [1.82, 2.24) is 0 Å². The van der Waals surface area contributed by atoms with Gasteiger partial charge in [0.15, 0.2) is 0 Å². The minimum Gasteiger partial charge on any atom is -0.508 e. The van der Waals surface area contributed by atoms with Gasteiger partial charge in [-0.15, -0.1) is 0 Å².